The van der Waals surface area contributed by atoms with Gasteiger partial charge < -0.3 is 21.1 Å². The van der Waals surface area contributed by atoms with E-state index in [1.54, 1.807) is 6.20 Å². The summed E-state index contributed by atoms with van der Waals surface area (Å²) in [6.07, 6.45) is 6.60. The monoisotopic (exact) mass is 333 g/mol. The van der Waals surface area contributed by atoms with Gasteiger partial charge in [0.25, 0.3) is 5.91 Å². The molecular weight excluding hydrogens is 306 g/mol. The molecule has 3 atom stereocenters. The van der Waals surface area contributed by atoms with Crippen LogP contribution in [0, 0.1) is 5.41 Å². The molecule has 4 rings (SSSR count). The average Bonchev–Trinajstić information content (AvgIpc) is 3.13. The van der Waals surface area contributed by atoms with Gasteiger partial charge in [0.2, 0.25) is 0 Å². The molecule has 132 valence electrons. The molecule has 2 aliphatic heterocycles. The lowest BCUT2D eigenvalue weighted by Gasteiger charge is -2.56. The number of nitrogens with two attached hydrogens (primary N) is 1. The summed E-state index contributed by atoms with van der Waals surface area (Å²) in [4.78, 5) is 12.8. The Morgan fingerprint density at radius 2 is 2.25 bits per heavy atom. The van der Waals surface area contributed by atoms with Crippen molar-refractivity contribution in [2.24, 2.45) is 11.1 Å². The third-order valence-electron chi connectivity index (χ3n) is 6.27. The second-order valence-electron chi connectivity index (χ2n) is 7.45. The number of hydrogen-bond acceptors (Lipinski definition) is 5. The van der Waals surface area contributed by atoms with Gasteiger partial charge in [-0.2, -0.15) is 5.10 Å². The summed E-state index contributed by atoms with van der Waals surface area (Å²) < 4.78 is 5.48. The van der Waals surface area contributed by atoms with E-state index in [9.17, 15) is 4.79 Å². The number of aromatic nitrogens is 2. The zero-order chi connectivity index (χ0) is 16.6. The third kappa shape index (κ3) is 2.64. The maximum atomic E-state index is 12.8. The molecule has 1 aromatic rings. The number of hydrogen-bond donors (Lipinski definition) is 4. The molecule has 0 radical (unpaired) electrons. The summed E-state index contributed by atoms with van der Waals surface area (Å²) in [5.74, 6) is 0.315. The predicted octanol–water partition coefficient (Wildman–Crippen LogP) is 0.503. The van der Waals surface area contributed by atoms with E-state index < -0.39 is 0 Å². The highest BCUT2D eigenvalue weighted by molar-refractivity contribution is 5.95. The van der Waals surface area contributed by atoms with Crippen molar-refractivity contribution < 1.29 is 9.53 Å². The molecule has 3 unspecified atom stereocenters. The number of carbonyl (C=O) groups excluding carboxylic acids is 1. The van der Waals surface area contributed by atoms with Crippen LogP contribution in [-0.2, 0) is 4.74 Å². The van der Waals surface area contributed by atoms with E-state index in [-0.39, 0.29) is 23.4 Å². The molecule has 7 nitrogen and oxygen atoms in total. The Kier molecular flexibility index (Phi) is 4.32. The van der Waals surface area contributed by atoms with E-state index in [2.05, 4.69) is 20.8 Å². The second-order valence-corrected chi connectivity index (χ2v) is 7.45. The summed E-state index contributed by atoms with van der Waals surface area (Å²) in [6.45, 7) is 3.43. The average molecular weight is 333 g/mol. The Balaban J connectivity index is 1.46. The van der Waals surface area contributed by atoms with Crippen molar-refractivity contribution in [1.82, 2.24) is 20.8 Å². The first-order chi connectivity index (χ1) is 11.7. The number of nitrogens with one attached hydrogen (secondary N) is 3. The van der Waals surface area contributed by atoms with E-state index in [0.29, 0.717) is 11.5 Å². The Morgan fingerprint density at radius 1 is 1.42 bits per heavy atom. The van der Waals surface area contributed by atoms with E-state index in [1.165, 1.54) is 0 Å². The van der Waals surface area contributed by atoms with Gasteiger partial charge in [0.15, 0.2) is 0 Å². The van der Waals surface area contributed by atoms with Gasteiger partial charge in [-0.1, -0.05) is 0 Å². The van der Waals surface area contributed by atoms with Gasteiger partial charge in [-0.25, -0.2) is 0 Å². The van der Waals surface area contributed by atoms with Crippen LogP contribution in [0.4, 0.5) is 0 Å². The number of amides is 1. The van der Waals surface area contributed by atoms with Crippen LogP contribution < -0.4 is 16.4 Å². The molecular formula is C17H27N5O2. The maximum absolute atomic E-state index is 12.8. The lowest BCUT2D eigenvalue weighted by Crippen LogP contribution is -2.68. The van der Waals surface area contributed by atoms with Crippen LogP contribution in [-0.4, -0.2) is 54.5 Å². The minimum absolute atomic E-state index is 0.0181. The fraction of sp³-hybridized carbons (Fsp3) is 0.765. The van der Waals surface area contributed by atoms with Gasteiger partial charge in [0.1, 0.15) is 0 Å². The number of piperidine rings is 1. The van der Waals surface area contributed by atoms with Crippen LogP contribution in [0.5, 0.6) is 0 Å². The molecule has 0 bridgehead atoms. The number of nitrogens with zero attached hydrogens (tertiary/aromatic N) is 1. The summed E-state index contributed by atoms with van der Waals surface area (Å²) in [5, 5.41) is 13.8. The van der Waals surface area contributed by atoms with Gasteiger partial charge in [0, 0.05) is 43.2 Å². The van der Waals surface area contributed by atoms with Crippen LogP contribution in [0.25, 0.3) is 0 Å². The SMILES string of the molecule is NC1CC(NC(=O)c2cn[nH]c2C2CCCNC2)C12CCOCC2. The molecule has 7 heteroatoms. The number of aromatic amines is 1. The van der Waals surface area contributed by atoms with Crippen LogP contribution >= 0.6 is 0 Å². The second kappa shape index (κ2) is 6.46. The zero-order valence-electron chi connectivity index (χ0n) is 14.0. The molecule has 3 fully saturated rings. The number of H-pyrrole nitrogens is 1. The standard InChI is InChI=1S/C17H27N5O2/c18-13-8-14(17(13)3-6-24-7-4-17)21-16(23)12-10-20-22-15(12)11-2-1-5-19-9-11/h10-11,13-14,19H,1-9,18H2,(H,20,22)(H,21,23). The predicted molar refractivity (Wildman–Crippen MR) is 89.8 cm³/mol. The molecule has 1 saturated carbocycles. The number of rotatable bonds is 3. The number of carbonyl (C=O) groups is 1. The first kappa shape index (κ1) is 16.1. The van der Waals surface area contributed by atoms with Crippen molar-refractivity contribution in [2.45, 2.75) is 50.1 Å². The molecule has 1 aromatic heterocycles. The van der Waals surface area contributed by atoms with Gasteiger partial charge in [0.05, 0.1) is 17.5 Å². The van der Waals surface area contributed by atoms with Crippen LogP contribution in [0.2, 0.25) is 0 Å². The molecule has 0 aromatic carbocycles. The highest BCUT2D eigenvalue weighted by Gasteiger charge is 2.54. The third-order valence-corrected chi connectivity index (χ3v) is 6.27. The smallest absolute Gasteiger partial charge is 0.254 e. The Morgan fingerprint density at radius 3 is 2.96 bits per heavy atom. The van der Waals surface area contributed by atoms with Gasteiger partial charge in [-0.05, 0) is 38.6 Å². The first-order valence-electron chi connectivity index (χ1n) is 9.09. The fourth-order valence-electron chi connectivity index (χ4n) is 4.62. The highest BCUT2D eigenvalue weighted by atomic mass is 16.5. The minimum atomic E-state index is -0.0212. The summed E-state index contributed by atoms with van der Waals surface area (Å²) in [7, 11) is 0. The van der Waals surface area contributed by atoms with Gasteiger partial charge >= 0.3 is 0 Å². The van der Waals surface area contributed by atoms with Crippen molar-refractivity contribution in [3.8, 4) is 0 Å². The van der Waals surface area contributed by atoms with Crippen molar-refractivity contribution >= 4 is 5.91 Å². The zero-order valence-corrected chi connectivity index (χ0v) is 14.0. The van der Waals surface area contributed by atoms with Crippen molar-refractivity contribution in [3.63, 3.8) is 0 Å². The molecule has 1 spiro atoms. The minimum Gasteiger partial charge on any atom is -0.381 e. The molecule has 3 aliphatic rings. The molecule has 5 N–H and O–H groups in total. The van der Waals surface area contributed by atoms with E-state index in [1.807, 2.05) is 0 Å². The van der Waals surface area contributed by atoms with E-state index in [0.717, 1.165) is 64.1 Å². The summed E-state index contributed by atoms with van der Waals surface area (Å²) in [6, 6.07) is 0.314. The van der Waals surface area contributed by atoms with E-state index in [4.69, 9.17) is 10.5 Å². The molecule has 2 saturated heterocycles. The van der Waals surface area contributed by atoms with Gasteiger partial charge in [-0.3, -0.25) is 9.89 Å². The van der Waals surface area contributed by atoms with Crippen molar-refractivity contribution in [1.29, 1.82) is 0 Å². The van der Waals surface area contributed by atoms with Crippen LogP contribution in [0.3, 0.4) is 0 Å². The van der Waals surface area contributed by atoms with E-state index >= 15 is 0 Å². The quantitative estimate of drug-likeness (QED) is 0.645. The van der Waals surface area contributed by atoms with Crippen molar-refractivity contribution in [2.75, 3.05) is 26.3 Å². The first-order valence-corrected chi connectivity index (χ1v) is 9.09. The summed E-state index contributed by atoms with van der Waals surface area (Å²) >= 11 is 0. The highest BCUT2D eigenvalue weighted by Crippen LogP contribution is 2.48. The van der Waals surface area contributed by atoms with Gasteiger partial charge in [-0.15, -0.1) is 0 Å². The topological polar surface area (TPSA) is 105 Å². The normalized spacial score (nSPS) is 32.3. The largest absolute Gasteiger partial charge is 0.381 e. The Bertz CT molecular complexity index is 590. The Labute approximate surface area is 142 Å². The molecule has 1 aliphatic carbocycles. The molecule has 3 heterocycles. The fourth-order valence-corrected chi connectivity index (χ4v) is 4.62. The van der Waals surface area contributed by atoms with Crippen LogP contribution in [0.1, 0.15) is 54.1 Å². The lowest BCUT2D eigenvalue weighted by atomic mass is 9.56. The molecule has 24 heavy (non-hydrogen) atoms. The maximum Gasteiger partial charge on any atom is 0.254 e. The Hall–Kier alpha value is -1.44. The lowest BCUT2D eigenvalue weighted by molar-refractivity contribution is -0.0680. The number of ether oxygens (including phenoxy) is 1. The van der Waals surface area contributed by atoms with Crippen LogP contribution in [0.15, 0.2) is 6.20 Å². The summed E-state index contributed by atoms with van der Waals surface area (Å²) in [5.41, 5.74) is 7.95. The van der Waals surface area contributed by atoms with Crippen molar-refractivity contribution in [3.05, 3.63) is 17.5 Å². The molecule has 1 amide bonds.